The Hall–Kier alpha value is -1.84. The van der Waals surface area contributed by atoms with Crippen LogP contribution in [0.3, 0.4) is 0 Å². The topological polar surface area (TPSA) is 86.5 Å². The molecule has 0 saturated heterocycles. The second kappa shape index (κ2) is 5.59. The predicted molar refractivity (Wildman–Crippen MR) is 84.8 cm³/mol. The van der Waals surface area contributed by atoms with Crippen molar-refractivity contribution in [3.05, 3.63) is 11.8 Å². The summed E-state index contributed by atoms with van der Waals surface area (Å²) in [5.74, 6) is 0.677. The highest BCUT2D eigenvalue weighted by molar-refractivity contribution is 5.70. The summed E-state index contributed by atoms with van der Waals surface area (Å²) in [4.78, 5) is 11.9. The van der Waals surface area contributed by atoms with Crippen molar-refractivity contribution >= 4 is 6.09 Å². The minimum absolute atomic E-state index is 0.195. The van der Waals surface area contributed by atoms with Gasteiger partial charge in [-0.05, 0) is 52.9 Å². The predicted octanol–water partition coefficient (Wildman–Crippen LogP) is 3.55. The van der Waals surface area contributed by atoms with Crippen molar-refractivity contribution in [3.63, 3.8) is 0 Å². The van der Waals surface area contributed by atoms with E-state index in [2.05, 4.69) is 20.3 Å². The molecule has 1 heterocycles. The van der Waals surface area contributed by atoms with E-state index in [1.807, 2.05) is 0 Å². The van der Waals surface area contributed by atoms with Crippen LogP contribution in [0, 0.1) is 0 Å². The van der Waals surface area contributed by atoms with Crippen LogP contribution in [0.5, 0.6) is 0 Å². The smallest absolute Gasteiger partial charge is 0.444 e. The summed E-state index contributed by atoms with van der Waals surface area (Å²) in [5, 5.41) is 11.0. The first-order valence-electron chi connectivity index (χ1n) is 8.97. The number of aromatic nitrogens is 2. The van der Waals surface area contributed by atoms with E-state index < -0.39 is 24.2 Å². The molecule has 5 rings (SSSR count). The molecule has 0 aromatic carbocycles. The van der Waals surface area contributed by atoms with Crippen molar-refractivity contribution in [2.24, 2.45) is 0 Å². The van der Waals surface area contributed by atoms with Gasteiger partial charge in [-0.3, -0.25) is 4.74 Å². The molecule has 7 nitrogen and oxygen atoms in total. The Bertz CT molecular complexity index is 730. The maximum absolute atomic E-state index is 12.2. The molecule has 150 valence electrons. The molecule has 4 fully saturated rings. The van der Waals surface area contributed by atoms with Crippen molar-refractivity contribution < 1.29 is 31.9 Å². The Morgan fingerprint density at radius 3 is 2.37 bits per heavy atom. The zero-order valence-electron chi connectivity index (χ0n) is 15.4. The van der Waals surface area contributed by atoms with Crippen LogP contribution in [0.2, 0.25) is 0 Å². The minimum Gasteiger partial charge on any atom is -0.444 e. The van der Waals surface area contributed by atoms with E-state index in [1.165, 1.54) is 0 Å². The number of halogens is 3. The van der Waals surface area contributed by atoms with Crippen molar-refractivity contribution in [3.8, 4) is 0 Å². The van der Waals surface area contributed by atoms with Gasteiger partial charge in [0.05, 0.1) is 11.5 Å². The van der Waals surface area contributed by atoms with Crippen LogP contribution in [-0.4, -0.2) is 39.9 Å². The molecule has 27 heavy (non-hydrogen) atoms. The van der Waals surface area contributed by atoms with E-state index in [0.717, 1.165) is 0 Å². The Kier molecular flexibility index (Phi) is 3.83. The number of nitrogens with zero attached hydrogens (tertiary/aromatic N) is 2. The number of rotatable bonds is 4. The second-order valence-electron chi connectivity index (χ2n) is 9.02. The molecule has 1 aromatic heterocycles. The number of carbonyl (C=O) groups excluding carboxylic acids is 1. The van der Waals surface area contributed by atoms with Crippen LogP contribution in [0.15, 0.2) is 4.42 Å². The summed E-state index contributed by atoms with van der Waals surface area (Å²) in [6, 6.07) is 0. The quantitative estimate of drug-likeness (QED) is 0.848. The second-order valence-corrected chi connectivity index (χ2v) is 9.02. The molecule has 0 spiro atoms. The molecule has 10 heteroatoms. The van der Waals surface area contributed by atoms with Gasteiger partial charge in [-0.1, -0.05) is 0 Å². The molecular formula is C17H22F3N3O4. The fourth-order valence-corrected chi connectivity index (χ4v) is 4.33. The molecule has 1 N–H and O–H groups in total. The summed E-state index contributed by atoms with van der Waals surface area (Å²) in [6.45, 7) is 5.42. The molecule has 1 amide bonds. The van der Waals surface area contributed by atoms with Crippen LogP contribution in [0.25, 0.3) is 0 Å². The first-order valence-corrected chi connectivity index (χ1v) is 8.97. The molecule has 1 aromatic rings. The highest BCUT2D eigenvalue weighted by Crippen LogP contribution is 2.67. The molecule has 4 aliphatic carbocycles. The van der Waals surface area contributed by atoms with E-state index in [4.69, 9.17) is 9.15 Å². The largest absolute Gasteiger partial charge is 0.522 e. The fourth-order valence-electron chi connectivity index (χ4n) is 4.33. The molecule has 0 aliphatic heterocycles. The Morgan fingerprint density at radius 1 is 1.19 bits per heavy atom. The lowest BCUT2D eigenvalue weighted by molar-refractivity contribution is -0.352. The van der Waals surface area contributed by atoms with Crippen molar-refractivity contribution in [1.82, 2.24) is 15.5 Å². The Morgan fingerprint density at radius 2 is 1.81 bits per heavy atom. The highest BCUT2D eigenvalue weighted by Gasteiger charge is 2.72. The van der Waals surface area contributed by atoms with Crippen molar-refractivity contribution in [2.75, 3.05) is 0 Å². The van der Waals surface area contributed by atoms with Crippen molar-refractivity contribution in [1.29, 1.82) is 0 Å². The normalized spacial score (nSPS) is 34.9. The number of hydrogen-bond acceptors (Lipinski definition) is 6. The maximum atomic E-state index is 12.2. The first-order chi connectivity index (χ1) is 12.4. The zero-order chi connectivity index (χ0) is 19.7. The standard InChI is InChI=1S/C17H22F3N3O4/c1-14(2,3)27-13(24)21-16-6-15(7-16,8-16)12-23-22-11(25-12)9-4-10(5-9)26-17(18,19)20/h9-10H,4-8H2,1-3H3,(H,21,24). The minimum atomic E-state index is -4.61. The van der Waals surface area contributed by atoms with E-state index in [1.54, 1.807) is 20.8 Å². The van der Waals surface area contributed by atoms with Gasteiger partial charge >= 0.3 is 12.5 Å². The van der Waals surface area contributed by atoms with Crippen LogP contribution in [-0.2, 0) is 14.9 Å². The summed E-state index contributed by atoms with van der Waals surface area (Å²) in [7, 11) is 0. The molecule has 2 bridgehead atoms. The van der Waals surface area contributed by atoms with Gasteiger partial charge in [0.15, 0.2) is 0 Å². The van der Waals surface area contributed by atoms with Gasteiger partial charge in [-0.25, -0.2) is 4.79 Å². The monoisotopic (exact) mass is 389 g/mol. The van der Waals surface area contributed by atoms with Crippen LogP contribution >= 0.6 is 0 Å². The number of alkyl halides is 3. The van der Waals surface area contributed by atoms with Crippen LogP contribution in [0.4, 0.5) is 18.0 Å². The van der Waals surface area contributed by atoms with Crippen LogP contribution < -0.4 is 5.32 Å². The average Bonchev–Trinajstić information content (AvgIpc) is 2.81. The van der Waals surface area contributed by atoms with E-state index >= 15 is 0 Å². The van der Waals surface area contributed by atoms with E-state index in [9.17, 15) is 18.0 Å². The van der Waals surface area contributed by atoms with Gasteiger partial charge < -0.3 is 14.5 Å². The van der Waals surface area contributed by atoms with E-state index in [0.29, 0.717) is 31.0 Å². The summed E-state index contributed by atoms with van der Waals surface area (Å²) >= 11 is 0. The summed E-state index contributed by atoms with van der Waals surface area (Å²) in [6.07, 6.45) is -3.36. The maximum Gasteiger partial charge on any atom is 0.522 e. The number of carbonyl (C=O) groups is 1. The molecule has 4 saturated carbocycles. The number of alkyl carbamates (subject to hydrolysis) is 1. The van der Waals surface area contributed by atoms with Crippen molar-refractivity contribution in [2.45, 2.75) is 87.8 Å². The lowest BCUT2D eigenvalue weighted by Crippen LogP contribution is -2.77. The highest BCUT2D eigenvalue weighted by atomic mass is 19.4. The number of amides is 1. The van der Waals surface area contributed by atoms with Gasteiger partial charge in [0.1, 0.15) is 5.60 Å². The number of nitrogens with one attached hydrogen (secondary N) is 1. The zero-order valence-corrected chi connectivity index (χ0v) is 15.4. The van der Waals surface area contributed by atoms with Gasteiger partial charge in [-0.2, -0.15) is 0 Å². The van der Waals surface area contributed by atoms with Gasteiger partial charge in [0, 0.05) is 11.5 Å². The average molecular weight is 389 g/mol. The van der Waals surface area contributed by atoms with Gasteiger partial charge in [0.2, 0.25) is 11.8 Å². The van der Waals surface area contributed by atoms with E-state index in [-0.39, 0.29) is 29.7 Å². The molecular weight excluding hydrogens is 367 g/mol. The number of ether oxygens (including phenoxy) is 2. The number of hydrogen-bond donors (Lipinski definition) is 1. The molecule has 0 atom stereocenters. The Balaban J connectivity index is 1.28. The third-order valence-corrected chi connectivity index (χ3v) is 5.44. The van der Waals surface area contributed by atoms with Gasteiger partial charge in [-0.15, -0.1) is 23.4 Å². The third kappa shape index (κ3) is 3.51. The fraction of sp³-hybridized carbons (Fsp3) is 0.824. The summed E-state index contributed by atoms with van der Waals surface area (Å²) in [5.41, 5.74) is -1.06. The third-order valence-electron chi connectivity index (χ3n) is 5.44. The molecule has 0 radical (unpaired) electrons. The lowest BCUT2D eigenvalue weighted by Gasteiger charge is -2.68. The molecule has 0 unspecified atom stereocenters. The lowest BCUT2D eigenvalue weighted by atomic mass is 9.39. The van der Waals surface area contributed by atoms with Gasteiger partial charge in [0.25, 0.3) is 0 Å². The Labute approximate surface area is 154 Å². The first kappa shape index (κ1) is 18.5. The SMILES string of the molecule is CC(C)(C)OC(=O)NC12CC(c3nnc(C4CC(OC(F)(F)F)C4)o3)(C1)C2. The molecule has 4 aliphatic rings. The summed E-state index contributed by atoms with van der Waals surface area (Å²) < 4.78 is 51.5. The van der Waals surface area contributed by atoms with Crippen LogP contribution in [0.1, 0.15) is 70.6 Å².